The minimum absolute atomic E-state index is 0.977. The summed E-state index contributed by atoms with van der Waals surface area (Å²) < 4.78 is 0. The Kier molecular flexibility index (Phi) is 3.71. The molecule has 0 bridgehead atoms. The lowest BCUT2D eigenvalue weighted by Gasteiger charge is -2.18. The summed E-state index contributed by atoms with van der Waals surface area (Å²) in [4.78, 5) is 3.29. The van der Waals surface area contributed by atoms with Gasteiger partial charge >= 0.3 is 0 Å². The third-order valence-corrected chi connectivity index (χ3v) is 2.89. The largest absolute Gasteiger partial charge is 0.399 e. The molecule has 0 unspecified atom stereocenters. The van der Waals surface area contributed by atoms with E-state index in [2.05, 4.69) is 4.98 Å². The van der Waals surface area contributed by atoms with Crippen molar-refractivity contribution in [2.45, 2.75) is 13.1 Å². The standard InChI is InChI=1S/C8H11BCl2NSi/c1-13(2,11)12-8-6-4-3-5-7(8)9-10/h3-6,12H,1-2H3. The summed E-state index contributed by atoms with van der Waals surface area (Å²) in [5.74, 6) is 0. The Morgan fingerprint density at radius 3 is 2.46 bits per heavy atom. The van der Waals surface area contributed by atoms with E-state index >= 15 is 0 Å². The molecule has 1 nitrogen and oxygen atoms in total. The van der Waals surface area contributed by atoms with E-state index < -0.39 is 7.55 Å². The van der Waals surface area contributed by atoms with Gasteiger partial charge in [-0.25, -0.2) is 0 Å². The van der Waals surface area contributed by atoms with Gasteiger partial charge in [0.25, 0.3) is 6.69 Å². The first-order valence-electron chi connectivity index (χ1n) is 4.02. The van der Waals surface area contributed by atoms with Gasteiger partial charge in [-0.3, -0.25) is 0 Å². The zero-order valence-electron chi connectivity index (χ0n) is 7.64. The second-order valence-corrected chi connectivity index (χ2v) is 9.54. The van der Waals surface area contributed by atoms with Crippen molar-refractivity contribution in [3.05, 3.63) is 24.3 Å². The Balaban J connectivity index is 2.87. The Hall–Kier alpha value is -0.118. The van der Waals surface area contributed by atoms with Gasteiger partial charge in [0.15, 0.2) is 0 Å². The molecule has 0 fully saturated rings. The van der Waals surface area contributed by atoms with E-state index in [1.807, 2.05) is 37.4 Å². The molecule has 1 aromatic carbocycles. The van der Waals surface area contributed by atoms with Gasteiger partial charge < -0.3 is 4.98 Å². The van der Waals surface area contributed by atoms with Crippen molar-refractivity contribution in [1.82, 2.24) is 0 Å². The molecule has 0 aromatic heterocycles. The first-order chi connectivity index (χ1) is 6.03. The van der Waals surface area contributed by atoms with Crippen molar-refractivity contribution in [1.29, 1.82) is 0 Å². The quantitative estimate of drug-likeness (QED) is 0.622. The van der Waals surface area contributed by atoms with Gasteiger partial charge in [-0.1, -0.05) is 18.2 Å². The van der Waals surface area contributed by atoms with Gasteiger partial charge in [-0.2, -0.15) is 11.5 Å². The number of hydrogen-bond donors (Lipinski definition) is 1. The third kappa shape index (κ3) is 3.63. The van der Waals surface area contributed by atoms with Crippen molar-refractivity contribution in [3.63, 3.8) is 0 Å². The smallest absolute Gasteiger partial charge is 0.277 e. The molecule has 1 rings (SSSR count). The predicted molar refractivity (Wildman–Crippen MR) is 64.6 cm³/mol. The second-order valence-electron chi connectivity index (χ2n) is 3.29. The number of halogens is 2. The molecule has 1 aromatic rings. The van der Waals surface area contributed by atoms with Crippen LogP contribution in [0.2, 0.25) is 13.1 Å². The van der Waals surface area contributed by atoms with Crippen LogP contribution in [-0.4, -0.2) is 14.2 Å². The highest BCUT2D eigenvalue weighted by Crippen LogP contribution is 2.12. The molecule has 0 aliphatic rings. The van der Waals surface area contributed by atoms with Gasteiger partial charge in [0, 0.05) is 5.69 Å². The molecule has 13 heavy (non-hydrogen) atoms. The Labute approximate surface area is 90.4 Å². The van der Waals surface area contributed by atoms with Crippen LogP contribution in [0.4, 0.5) is 5.69 Å². The maximum Gasteiger partial charge on any atom is 0.277 e. The maximum atomic E-state index is 6.17. The highest BCUT2D eigenvalue weighted by molar-refractivity contribution is 7.20. The summed E-state index contributed by atoms with van der Waals surface area (Å²) in [5, 5.41) is 0. The normalized spacial score (nSPS) is 11.1. The molecule has 0 aliphatic heterocycles. The van der Waals surface area contributed by atoms with Gasteiger partial charge in [-0.15, -0.1) is 11.1 Å². The lowest BCUT2D eigenvalue weighted by Crippen LogP contribution is -2.32. The van der Waals surface area contributed by atoms with E-state index in [4.69, 9.17) is 22.5 Å². The van der Waals surface area contributed by atoms with Gasteiger partial charge in [0.2, 0.25) is 7.55 Å². The highest BCUT2D eigenvalue weighted by atomic mass is 35.6. The summed E-state index contributed by atoms with van der Waals surface area (Å²) in [7, 11) is -1.80. The summed E-state index contributed by atoms with van der Waals surface area (Å²) in [6.07, 6.45) is 0. The molecule has 0 heterocycles. The van der Waals surface area contributed by atoms with E-state index in [9.17, 15) is 0 Å². The average molecular weight is 231 g/mol. The lowest BCUT2D eigenvalue weighted by molar-refractivity contribution is 1.66. The maximum absolute atomic E-state index is 6.17. The summed E-state index contributed by atoms with van der Waals surface area (Å²) in [5.41, 5.74) is 1.98. The van der Waals surface area contributed by atoms with E-state index in [1.54, 1.807) is 6.69 Å². The fourth-order valence-corrected chi connectivity index (χ4v) is 2.39. The third-order valence-electron chi connectivity index (χ3n) is 1.51. The highest BCUT2D eigenvalue weighted by Gasteiger charge is 2.17. The van der Waals surface area contributed by atoms with Crippen LogP contribution >= 0.6 is 22.5 Å². The summed E-state index contributed by atoms with van der Waals surface area (Å²) in [6, 6.07) is 7.84. The Morgan fingerprint density at radius 2 is 1.92 bits per heavy atom. The summed E-state index contributed by atoms with van der Waals surface area (Å²) >= 11 is 11.8. The SMILES string of the molecule is C[Si](C)(Cl)Nc1ccccc1[B]Cl. The Morgan fingerprint density at radius 1 is 1.31 bits per heavy atom. The van der Waals surface area contributed by atoms with Crippen LogP contribution in [0, 0.1) is 0 Å². The Bertz CT molecular complexity index is 288. The number of nitrogens with one attached hydrogen (secondary N) is 1. The van der Waals surface area contributed by atoms with E-state index in [0.29, 0.717) is 0 Å². The fourth-order valence-electron chi connectivity index (χ4n) is 1.03. The zero-order valence-corrected chi connectivity index (χ0v) is 10.2. The number of benzene rings is 1. The van der Waals surface area contributed by atoms with Crippen molar-refractivity contribution in [2.24, 2.45) is 0 Å². The fraction of sp³-hybridized carbons (Fsp3) is 0.250. The first-order valence-corrected chi connectivity index (χ1v) is 8.47. The molecule has 0 saturated carbocycles. The van der Waals surface area contributed by atoms with Crippen LogP contribution in [0.15, 0.2) is 24.3 Å². The van der Waals surface area contributed by atoms with Crippen LogP contribution in [-0.2, 0) is 0 Å². The molecule has 1 radical (unpaired) electrons. The molecule has 0 atom stereocenters. The molecule has 0 aliphatic carbocycles. The van der Waals surface area contributed by atoms with E-state index in [1.165, 1.54) is 0 Å². The van der Waals surface area contributed by atoms with Crippen LogP contribution < -0.4 is 10.4 Å². The lowest BCUT2D eigenvalue weighted by atomic mass is 9.93. The van der Waals surface area contributed by atoms with Crippen LogP contribution in [0.1, 0.15) is 0 Å². The van der Waals surface area contributed by atoms with Gasteiger partial charge in [-0.05, 0) is 24.6 Å². The summed E-state index contributed by atoms with van der Waals surface area (Å²) in [6.45, 7) is 5.61. The van der Waals surface area contributed by atoms with Crippen molar-refractivity contribution < 1.29 is 0 Å². The van der Waals surface area contributed by atoms with Crippen LogP contribution in [0.3, 0.4) is 0 Å². The average Bonchev–Trinajstić information content (AvgIpc) is 2.02. The van der Waals surface area contributed by atoms with Crippen molar-refractivity contribution >= 4 is 47.9 Å². The zero-order chi connectivity index (χ0) is 9.90. The molecule has 69 valence electrons. The minimum atomic E-state index is -1.80. The predicted octanol–water partition coefficient (Wildman–Crippen LogP) is 2.52. The van der Waals surface area contributed by atoms with Crippen LogP contribution in [0.25, 0.3) is 0 Å². The number of hydrogen-bond acceptors (Lipinski definition) is 1. The van der Waals surface area contributed by atoms with Gasteiger partial charge in [0.1, 0.15) is 0 Å². The first kappa shape index (κ1) is 11.0. The molecule has 5 heteroatoms. The van der Waals surface area contributed by atoms with Crippen LogP contribution in [0.5, 0.6) is 0 Å². The van der Waals surface area contributed by atoms with Gasteiger partial charge in [0.05, 0.1) is 0 Å². The monoisotopic (exact) mass is 230 g/mol. The number of anilines is 1. The molecule has 1 N–H and O–H groups in total. The van der Waals surface area contributed by atoms with Crippen molar-refractivity contribution in [3.8, 4) is 0 Å². The molecule has 0 saturated heterocycles. The molecule has 0 amide bonds. The minimum Gasteiger partial charge on any atom is -0.399 e. The second kappa shape index (κ2) is 4.40. The number of rotatable bonds is 3. The van der Waals surface area contributed by atoms with Crippen molar-refractivity contribution in [2.75, 3.05) is 4.98 Å². The van der Waals surface area contributed by atoms with E-state index in [0.717, 1.165) is 11.2 Å². The topological polar surface area (TPSA) is 12.0 Å². The molecular weight excluding hydrogens is 220 g/mol. The molecular formula is C8H11BCl2NSi. The number of para-hydroxylation sites is 1. The molecule has 0 spiro atoms. The van der Waals surface area contributed by atoms with E-state index in [-0.39, 0.29) is 0 Å².